The minimum atomic E-state index is -4.21. The zero-order chi connectivity index (χ0) is 28.1. The lowest BCUT2D eigenvalue weighted by Crippen LogP contribution is -2.54. The van der Waals surface area contributed by atoms with Gasteiger partial charge in [0, 0.05) is 17.1 Å². The van der Waals surface area contributed by atoms with E-state index in [2.05, 4.69) is 5.32 Å². The van der Waals surface area contributed by atoms with Crippen LogP contribution in [0, 0.1) is 5.82 Å². The second kappa shape index (κ2) is 12.0. The lowest BCUT2D eigenvalue weighted by Gasteiger charge is -2.33. The molecule has 0 saturated heterocycles. The van der Waals surface area contributed by atoms with Crippen LogP contribution in [0.2, 0.25) is 5.02 Å². The van der Waals surface area contributed by atoms with Crippen LogP contribution >= 0.6 is 11.6 Å². The lowest BCUT2D eigenvalue weighted by atomic mass is 10.1. The van der Waals surface area contributed by atoms with E-state index in [1.54, 1.807) is 49.4 Å². The highest BCUT2D eigenvalue weighted by atomic mass is 35.5. The molecule has 3 aromatic rings. The molecular weight excluding hydrogens is 529 g/mol. The van der Waals surface area contributed by atoms with Crippen molar-refractivity contribution in [2.75, 3.05) is 10.8 Å². The standard InChI is InChI=1S/C28H31ClFN3O4S/c1-20(27(35)31-28(2,3)4)32(18-21-10-8-9-13-25(21)29)26(34)19-33(23-16-14-22(30)15-17-23)38(36,37)24-11-6-5-7-12-24/h5-17,20H,18-19H2,1-4H3,(H,31,35)/t20-/m1/s1. The zero-order valence-electron chi connectivity index (χ0n) is 21.7. The Labute approximate surface area is 228 Å². The number of nitrogens with zero attached hydrogens (tertiary/aromatic N) is 2. The normalized spacial score (nSPS) is 12.5. The Kier molecular flexibility index (Phi) is 9.17. The van der Waals surface area contributed by atoms with E-state index in [0.717, 1.165) is 16.4 Å². The van der Waals surface area contributed by atoms with Crippen molar-refractivity contribution >= 4 is 39.1 Å². The smallest absolute Gasteiger partial charge is 0.264 e. The molecule has 0 fully saturated rings. The van der Waals surface area contributed by atoms with Gasteiger partial charge in [0.1, 0.15) is 18.4 Å². The number of carbonyl (C=O) groups is 2. The summed E-state index contributed by atoms with van der Waals surface area (Å²) in [5.74, 6) is -1.59. The third-order valence-corrected chi connectivity index (χ3v) is 7.85. The summed E-state index contributed by atoms with van der Waals surface area (Å²) in [4.78, 5) is 28.2. The Balaban J connectivity index is 2.03. The number of halogens is 2. The highest BCUT2D eigenvalue weighted by Gasteiger charge is 2.33. The van der Waals surface area contributed by atoms with Gasteiger partial charge in [-0.25, -0.2) is 12.8 Å². The average molecular weight is 560 g/mol. The molecule has 3 rings (SSSR count). The van der Waals surface area contributed by atoms with E-state index in [1.807, 2.05) is 20.8 Å². The minimum absolute atomic E-state index is 0.0279. The van der Waals surface area contributed by atoms with Crippen LogP contribution in [0.15, 0.2) is 83.8 Å². The van der Waals surface area contributed by atoms with Gasteiger partial charge in [-0.05, 0) is 75.7 Å². The molecule has 0 aromatic heterocycles. The van der Waals surface area contributed by atoms with Crippen molar-refractivity contribution in [2.45, 2.75) is 50.7 Å². The van der Waals surface area contributed by atoms with Crippen LogP contribution in [-0.2, 0) is 26.2 Å². The molecule has 2 amide bonds. The van der Waals surface area contributed by atoms with E-state index in [4.69, 9.17) is 11.6 Å². The van der Waals surface area contributed by atoms with Crippen LogP contribution in [-0.4, -0.2) is 43.3 Å². The summed E-state index contributed by atoms with van der Waals surface area (Å²) in [5, 5.41) is 3.27. The Hall–Kier alpha value is -3.43. The predicted molar refractivity (Wildman–Crippen MR) is 147 cm³/mol. The summed E-state index contributed by atoms with van der Waals surface area (Å²) in [6, 6.07) is 18.4. The molecule has 0 radical (unpaired) electrons. The Morgan fingerprint density at radius 2 is 1.53 bits per heavy atom. The van der Waals surface area contributed by atoms with Crippen molar-refractivity contribution in [1.82, 2.24) is 10.2 Å². The number of carbonyl (C=O) groups excluding carboxylic acids is 2. The molecule has 202 valence electrons. The van der Waals surface area contributed by atoms with E-state index in [9.17, 15) is 22.4 Å². The maximum absolute atomic E-state index is 13.8. The van der Waals surface area contributed by atoms with Gasteiger partial charge in [-0.2, -0.15) is 0 Å². The van der Waals surface area contributed by atoms with Crippen molar-refractivity contribution in [3.05, 3.63) is 95.3 Å². The fraction of sp³-hybridized carbons (Fsp3) is 0.286. The highest BCUT2D eigenvalue weighted by Crippen LogP contribution is 2.25. The number of anilines is 1. The van der Waals surface area contributed by atoms with E-state index in [1.165, 1.54) is 29.2 Å². The van der Waals surface area contributed by atoms with Crippen molar-refractivity contribution in [1.29, 1.82) is 0 Å². The van der Waals surface area contributed by atoms with Gasteiger partial charge in [-0.3, -0.25) is 13.9 Å². The van der Waals surface area contributed by atoms with Crippen LogP contribution in [0.5, 0.6) is 0 Å². The minimum Gasteiger partial charge on any atom is -0.350 e. The second-order valence-corrected chi connectivity index (χ2v) is 12.1. The van der Waals surface area contributed by atoms with Crippen molar-refractivity contribution in [3.63, 3.8) is 0 Å². The quantitative estimate of drug-likeness (QED) is 0.399. The topological polar surface area (TPSA) is 86.8 Å². The van der Waals surface area contributed by atoms with E-state index >= 15 is 0 Å². The van der Waals surface area contributed by atoms with Crippen LogP contribution < -0.4 is 9.62 Å². The second-order valence-electron chi connectivity index (χ2n) is 9.83. The summed E-state index contributed by atoms with van der Waals surface area (Å²) in [6.45, 7) is 6.38. The Morgan fingerprint density at radius 1 is 0.947 bits per heavy atom. The summed E-state index contributed by atoms with van der Waals surface area (Å²) >= 11 is 6.35. The first-order chi connectivity index (χ1) is 17.8. The molecule has 0 saturated carbocycles. The first-order valence-corrected chi connectivity index (χ1v) is 13.8. The lowest BCUT2D eigenvalue weighted by molar-refractivity contribution is -0.140. The Morgan fingerprint density at radius 3 is 2.11 bits per heavy atom. The number of rotatable bonds is 9. The van der Waals surface area contributed by atoms with Gasteiger partial charge in [0.25, 0.3) is 10.0 Å². The number of sulfonamides is 1. The zero-order valence-corrected chi connectivity index (χ0v) is 23.3. The monoisotopic (exact) mass is 559 g/mol. The molecule has 1 atom stereocenters. The van der Waals surface area contributed by atoms with Crippen LogP contribution in [0.1, 0.15) is 33.3 Å². The molecule has 0 bridgehead atoms. The largest absolute Gasteiger partial charge is 0.350 e. The SMILES string of the molecule is C[C@H](C(=O)NC(C)(C)C)N(Cc1ccccc1Cl)C(=O)CN(c1ccc(F)cc1)S(=O)(=O)c1ccccc1. The predicted octanol–water partition coefficient (Wildman–Crippen LogP) is 5.01. The molecule has 0 heterocycles. The summed E-state index contributed by atoms with van der Waals surface area (Å²) in [6.07, 6.45) is 0. The number of benzene rings is 3. The fourth-order valence-electron chi connectivity index (χ4n) is 3.72. The van der Waals surface area contributed by atoms with E-state index in [0.29, 0.717) is 10.6 Å². The molecule has 7 nitrogen and oxygen atoms in total. The van der Waals surface area contributed by atoms with Crippen LogP contribution in [0.4, 0.5) is 10.1 Å². The number of nitrogens with one attached hydrogen (secondary N) is 1. The highest BCUT2D eigenvalue weighted by molar-refractivity contribution is 7.92. The molecule has 0 spiro atoms. The number of amides is 2. The molecule has 0 aliphatic rings. The number of hydrogen-bond acceptors (Lipinski definition) is 4. The maximum atomic E-state index is 13.8. The van der Waals surface area contributed by atoms with Crippen LogP contribution in [0.3, 0.4) is 0 Å². The van der Waals surface area contributed by atoms with Gasteiger partial charge < -0.3 is 10.2 Å². The van der Waals surface area contributed by atoms with Gasteiger partial charge in [0.15, 0.2) is 0 Å². The summed E-state index contributed by atoms with van der Waals surface area (Å²) in [5.41, 5.74) is 0.145. The third-order valence-electron chi connectivity index (χ3n) is 5.69. The molecule has 0 unspecified atom stereocenters. The molecule has 0 aliphatic heterocycles. The first-order valence-electron chi connectivity index (χ1n) is 12.0. The van der Waals surface area contributed by atoms with Crippen molar-refractivity contribution in [3.8, 4) is 0 Å². The van der Waals surface area contributed by atoms with Gasteiger partial charge in [0.05, 0.1) is 10.6 Å². The summed E-state index contributed by atoms with van der Waals surface area (Å²) in [7, 11) is -4.21. The van der Waals surface area contributed by atoms with Crippen LogP contribution in [0.25, 0.3) is 0 Å². The van der Waals surface area contributed by atoms with Gasteiger partial charge in [-0.1, -0.05) is 48.0 Å². The molecule has 38 heavy (non-hydrogen) atoms. The maximum Gasteiger partial charge on any atom is 0.264 e. The number of hydrogen-bond donors (Lipinski definition) is 1. The molecular formula is C28H31ClFN3O4S. The average Bonchev–Trinajstić information content (AvgIpc) is 2.86. The molecule has 1 N–H and O–H groups in total. The summed E-state index contributed by atoms with van der Waals surface area (Å²) < 4.78 is 41.9. The molecule has 3 aromatic carbocycles. The fourth-order valence-corrected chi connectivity index (χ4v) is 5.35. The van der Waals surface area contributed by atoms with Gasteiger partial charge in [-0.15, -0.1) is 0 Å². The molecule has 0 aliphatic carbocycles. The van der Waals surface area contributed by atoms with E-state index in [-0.39, 0.29) is 17.1 Å². The molecule has 10 heteroatoms. The van der Waals surface area contributed by atoms with E-state index < -0.39 is 45.8 Å². The van der Waals surface area contributed by atoms with Gasteiger partial charge >= 0.3 is 0 Å². The van der Waals surface area contributed by atoms with Crippen molar-refractivity contribution < 1.29 is 22.4 Å². The van der Waals surface area contributed by atoms with Crippen molar-refractivity contribution in [2.24, 2.45) is 0 Å². The Bertz CT molecular complexity index is 1380. The third kappa shape index (κ3) is 7.33. The first kappa shape index (κ1) is 29.1. The van der Waals surface area contributed by atoms with Gasteiger partial charge in [0.2, 0.25) is 11.8 Å².